The number of hydrogen-bond donors (Lipinski definition) is 1. The van der Waals surface area contributed by atoms with E-state index in [1.807, 2.05) is 6.07 Å². The highest BCUT2D eigenvalue weighted by Gasteiger charge is 1.96. The van der Waals surface area contributed by atoms with Crippen LogP contribution in [-0.4, -0.2) is 22.8 Å². The molecule has 2 heterocycles. The Labute approximate surface area is 51.3 Å². The summed E-state index contributed by atoms with van der Waals surface area (Å²) in [5.74, 6) is 0.683. The van der Waals surface area contributed by atoms with Crippen molar-refractivity contribution in [3.63, 3.8) is 0 Å². The minimum atomic E-state index is 0.683. The number of aliphatic imine (C=N–C) groups is 2. The lowest BCUT2D eigenvalue weighted by molar-refractivity contribution is 1.07. The quantitative estimate of drug-likeness (QED) is 0.532. The third-order valence-corrected chi connectivity index (χ3v) is 1.05. The van der Waals surface area contributed by atoms with Crippen LogP contribution in [-0.2, 0) is 0 Å². The molecular formula is C5H4N4. The van der Waals surface area contributed by atoms with Crippen molar-refractivity contribution in [2.75, 3.05) is 0 Å². The van der Waals surface area contributed by atoms with Gasteiger partial charge in [-0.25, -0.2) is 9.98 Å². The first kappa shape index (κ1) is 4.43. The van der Waals surface area contributed by atoms with E-state index in [9.17, 15) is 0 Å². The van der Waals surface area contributed by atoms with E-state index in [-0.39, 0.29) is 0 Å². The molecule has 0 amide bonds. The molecule has 1 N–H and O–H groups in total. The number of hydrogen-bond acceptors (Lipinski definition) is 3. The molecule has 0 unspecified atom stereocenters. The maximum absolute atomic E-state index is 3.87. The van der Waals surface area contributed by atoms with Crippen molar-refractivity contribution < 1.29 is 0 Å². The van der Waals surface area contributed by atoms with Gasteiger partial charge in [0.05, 0.1) is 11.9 Å². The van der Waals surface area contributed by atoms with Gasteiger partial charge in [-0.2, -0.15) is 5.10 Å². The molecular weight excluding hydrogens is 116 g/mol. The largest absolute Gasteiger partial charge is 0.275 e. The normalized spacial score (nSPS) is 13.8. The predicted octanol–water partition coefficient (Wildman–Crippen LogP) is 0.502. The van der Waals surface area contributed by atoms with Crippen molar-refractivity contribution in [3.8, 4) is 0 Å². The Hall–Kier alpha value is -1.45. The van der Waals surface area contributed by atoms with Crippen LogP contribution < -0.4 is 0 Å². The summed E-state index contributed by atoms with van der Waals surface area (Å²) in [6.45, 7) is 0. The van der Waals surface area contributed by atoms with Crippen LogP contribution in [0, 0.1) is 0 Å². The van der Waals surface area contributed by atoms with Gasteiger partial charge in [-0.3, -0.25) is 5.10 Å². The number of fused-ring (bicyclic) bond motifs is 2. The molecule has 0 radical (unpaired) electrons. The highest BCUT2D eigenvalue weighted by Crippen LogP contribution is 2.08. The van der Waals surface area contributed by atoms with Crippen LogP contribution in [0.5, 0.6) is 0 Å². The molecule has 4 nitrogen and oxygen atoms in total. The van der Waals surface area contributed by atoms with Crippen molar-refractivity contribution in [2.24, 2.45) is 9.98 Å². The second-order valence-electron chi connectivity index (χ2n) is 1.70. The second kappa shape index (κ2) is 1.51. The zero-order valence-electron chi connectivity index (χ0n) is 4.57. The topological polar surface area (TPSA) is 53.4 Å². The van der Waals surface area contributed by atoms with E-state index in [0.717, 1.165) is 5.69 Å². The van der Waals surface area contributed by atoms with Gasteiger partial charge >= 0.3 is 0 Å². The third-order valence-electron chi connectivity index (χ3n) is 1.05. The van der Waals surface area contributed by atoms with Crippen LogP contribution in [0.4, 0.5) is 5.82 Å². The summed E-state index contributed by atoms with van der Waals surface area (Å²) in [6, 6.07) is 1.83. The first-order valence-electron chi connectivity index (χ1n) is 2.56. The van der Waals surface area contributed by atoms with Crippen LogP contribution in [0.15, 0.2) is 16.1 Å². The lowest BCUT2D eigenvalue weighted by Crippen LogP contribution is -1.80. The zero-order valence-corrected chi connectivity index (χ0v) is 4.57. The van der Waals surface area contributed by atoms with Crippen molar-refractivity contribution >= 4 is 18.4 Å². The molecule has 2 bridgehead atoms. The first-order valence-corrected chi connectivity index (χ1v) is 2.56. The molecule has 0 fully saturated rings. The number of aromatic nitrogens is 2. The fraction of sp³-hybridized carbons (Fsp3) is 0. The highest BCUT2D eigenvalue weighted by molar-refractivity contribution is 5.86. The molecule has 0 aliphatic carbocycles. The molecule has 0 atom stereocenters. The lowest BCUT2D eigenvalue weighted by atomic mass is 10.5. The Morgan fingerprint density at radius 3 is 3.44 bits per heavy atom. The van der Waals surface area contributed by atoms with Gasteiger partial charge in [0.1, 0.15) is 6.34 Å². The fourth-order valence-corrected chi connectivity index (χ4v) is 0.664. The Morgan fingerprint density at radius 2 is 2.44 bits per heavy atom. The van der Waals surface area contributed by atoms with E-state index >= 15 is 0 Å². The van der Waals surface area contributed by atoms with Gasteiger partial charge in [-0.15, -0.1) is 0 Å². The van der Waals surface area contributed by atoms with Crippen molar-refractivity contribution in [2.45, 2.75) is 0 Å². The van der Waals surface area contributed by atoms with Crippen LogP contribution in [0.1, 0.15) is 5.69 Å². The SMILES string of the molecule is C1=NC=Nc2cc1[nH]n2. The molecule has 4 heteroatoms. The second-order valence-corrected chi connectivity index (χ2v) is 1.70. The van der Waals surface area contributed by atoms with Crippen molar-refractivity contribution in [3.05, 3.63) is 11.8 Å². The molecule has 2 rings (SSSR count). The molecule has 1 aromatic rings. The molecule has 1 aliphatic heterocycles. The van der Waals surface area contributed by atoms with E-state index in [2.05, 4.69) is 20.2 Å². The van der Waals surface area contributed by atoms with E-state index in [1.165, 1.54) is 6.34 Å². The van der Waals surface area contributed by atoms with Crippen molar-refractivity contribution in [1.29, 1.82) is 0 Å². The zero-order chi connectivity index (χ0) is 6.10. The van der Waals surface area contributed by atoms with Crippen LogP contribution >= 0.6 is 0 Å². The van der Waals surface area contributed by atoms with Gasteiger partial charge in [0.25, 0.3) is 0 Å². The lowest BCUT2D eigenvalue weighted by Gasteiger charge is -1.78. The Bertz CT molecular complexity index is 244. The molecule has 1 aliphatic rings. The number of H-pyrrole nitrogens is 1. The Balaban J connectivity index is 2.66. The molecule has 9 heavy (non-hydrogen) atoms. The Kier molecular flexibility index (Phi) is 0.745. The standard InChI is InChI=1S/C5H4N4/c1-4-2-6-3-7-5(1)9-8-4/h1-3H,(H,8,9). The van der Waals surface area contributed by atoms with Crippen LogP contribution in [0.3, 0.4) is 0 Å². The average Bonchev–Trinajstić information content (AvgIpc) is 2.09. The number of nitrogens with one attached hydrogen (secondary N) is 1. The van der Waals surface area contributed by atoms with Crippen LogP contribution in [0.25, 0.3) is 0 Å². The van der Waals surface area contributed by atoms with Gasteiger partial charge < -0.3 is 0 Å². The molecule has 44 valence electrons. The maximum atomic E-state index is 3.87. The van der Waals surface area contributed by atoms with Gasteiger partial charge in [-0.05, 0) is 0 Å². The van der Waals surface area contributed by atoms with E-state index < -0.39 is 0 Å². The van der Waals surface area contributed by atoms with E-state index in [1.54, 1.807) is 6.21 Å². The van der Waals surface area contributed by atoms with E-state index in [0.29, 0.717) is 5.82 Å². The van der Waals surface area contributed by atoms with Gasteiger partial charge in [0.15, 0.2) is 5.82 Å². The summed E-state index contributed by atoms with van der Waals surface area (Å²) in [4.78, 5) is 7.70. The summed E-state index contributed by atoms with van der Waals surface area (Å²) in [7, 11) is 0. The number of nitrogens with zero attached hydrogens (tertiary/aromatic N) is 3. The predicted molar refractivity (Wildman–Crippen MR) is 34.3 cm³/mol. The maximum Gasteiger partial charge on any atom is 0.175 e. The minimum absolute atomic E-state index is 0.683. The van der Waals surface area contributed by atoms with Gasteiger partial charge in [0, 0.05) is 6.07 Å². The number of aromatic amines is 1. The molecule has 0 saturated heterocycles. The summed E-state index contributed by atoms with van der Waals surface area (Å²) >= 11 is 0. The summed E-state index contributed by atoms with van der Waals surface area (Å²) < 4.78 is 0. The van der Waals surface area contributed by atoms with Crippen LogP contribution in [0.2, 0.25) is 0 Å². The molecule has 0 spiro atoms. The summed E-state index contributed by atoms with van der Waals surface area (Å²) in [6.07, 6.45) is 3.15. The van der Waals surface area contributed by atoms with Gasteiger partial charge in [-0.1, -0.05) is 0 Å². The number of rotatable bonds is 0. The third kappa shape index (κ3) is 0.641. The summed E-state index contributed by atoms with van der Waals surface area (Å²) in [5, 5.41) is 6.59. The smallest absolute Gasteiger partial charge is 0.175 e. The first-order chi connectivity index (χ1) is 4.45. The van der Waals surface area contributed by atoms with Gasteiger partial charge in [0.2, 0.25) is 0 Å². The molecule has 1 aromatic heterocycles. The van der Waals surface area contributed by atoms with E-state index in [4.69, 9.17) is 0 Å². The average molecular weight is 120 g/mol. The molecule has 0 aromatic carbocycles. The highest BCUT2D eigenvalue weighted by atomic mass is 15.2. The van der Waals surface area contributed by atoms with Crippen molar-refractivity contribution in [1.82, 2.24) is 10.2 Å². The monoisotopic (exact) mass is 120 g/mol. The Morgan fingerprint density at radius 1 is 1.44 bits per heavy atom. The minimum Gasteiger partial charge on any atom is -0.275 e. The fourth-order valence-electron chi connectivity index (χ4n) is 0.664. The molecule has 0 saturated carbocycles. The summed E-state index contributed by atoms with van der Waals surface area (Å²) in [5.41, 5.74) is 0.891.